The lowest BCUT2D eigenvalue weighted by Crippen LogP contribution is -2.18. The van der Waals surface area contributed by atoms with E-state index in [4.69, 9.17) is 16.3 Å². The fourth-order valence-electron chi connectivity index (χ4n) is 4.26. The highest BCUT2D eigenvalue weighted by Gasteiger charge is 2.16. The summed E-state index contributed by atoms with van der Waals surface area (Å²) >= 11 is 6.21. The third-order valence-corrected chi connectivity index (χ3v) is 6.80. The van der Waals surface area contributed by atoms with Gasteiger partial charge in [-0.25, -0.2) is 4.79 Å². The normalized spacial score (nSPS) is 10.8. The van der Waals surface area contributed by atoms with Crippen LogP contribution in [0.1, 0.15) is 117 Å². The fourth-order valence-corrected chi connectivity index (χ4v) is 4.43. The largest absolute Gasteiger partial charge is 0.462 e. The Balaban J connectivity index is 1.66. The molecule has 1 amide bonds. The van der Waals surface area contributed by atoms with Gasteiger partial charge in [-0.2, -0.15) is 0 Å². The molecule has 0 spiro atoms. The number of ether oxygens (including phenoxy) is 1. The van der Waals surface area contributed by atoms with Crippen LogP contribution < -0.4 is 5.32 Å². The second-order valence-electron chi connectivity index (χ2n) is 9.68. The first-order valence-electron chi connectivity index (χ1n) is 13.8. The number of benzene rings is 2. The van der Waals surface area contributed by atoms with Crippen molar-refractivity contribution >= 4 is 34.9 Å². The number of esters is 1. The molecule has 2 rings (SSSR count). The zero-order chi connectivity index (χ0) is 26.9. The second-order valence-corrected chi connectivity index (χ2v) is 10.1. The summed E-state index contributed by atoms with van der Waals surface area (Å²) in [6, 6.07) is 11.7. The van der Waals surface area contributed by atoms with Gasteiger partial charge < -0.3 is 10.1 Å². The number of anilines is 1. The molecule has 0 aliphatic rings. The van der Waals surface area contributed by atoms with Crippen molar-refractivity contribution in [2.45, 2.75) is 97.3 Å². The highest BCUT2D eigenvalue weighted by molar-refractivity contribution is 6.34. The highest BCUT2D eigenvalue weighted by atomic mass is 35.5. The Morgan fingerprint density at radius 1 is 0.811 bits per heavy atom. The van der Waals surface area contributed by atoms with E-state index < -0.39 is 11.9 Å². The Kier molecular flexibility index (Phi) is 14.7. The van der Waals surface area contributed by atoms with Crippen LogP contribution in [0.4, 0.5) is 5.69 Å². The van der Waals surface area contributed by atoms with Crippen LogP contribution in [0, 0.1) is 6.92 Å². The van der Waals surface area contributed by atoms with Gasteiger partial charge in [0.25, 0.3) is 0 Å². The second kappa shape index (κ2) is 17.7. The van der Waals surface area contributed by atoms with Gasteiger partial charge in [0.05, 0.1) is 29.3 Å². The van der Waals surface area contributed by atoms with Crippen molar-refractivity contribution in [3.63, 3.8) is 0 Å². The summed E-state index contributed by atoms with van der Waals surface area (Å²) in [7, 11) is 0. The van der Waals surface area contributed by atoms with E-state index in [9.17, 15) is 14.4 Å². The van der Waals surface area contributed by atoms with Crippen LogP contribution in [0.5, 0.6) is 0 Å². The quantitative estimate of drug-likeness (QED) is 0.0910. The average molecular weight is 528 g/mol. The molecule has 0 fully saturated rings. The van der Waals surface area contributed by atoms with E-state index in [2.05, 4.69) is 12.2 Å². The molecule has 0 unspecified atom stereocenters. The lowest BCUT2D eigenvalue weighted by molar-refractivity contribution is -0.115. The standard InChI is InChI=1S/C31H42ClNO4/c1-3-4-5-6-7-8-9-10-11-12-13-16-21-37-31(36)25-19-20-27(32)28(22-25)33-30(35)23-29(34)26-18-15-14-17-24(26)2/h14-15,17-20,22H,3-13,16,21,23H2,1-2H3,(H,33,35). The molecule has 0 aliphatic heterocycles. The molecule has 37 heavy (non-hydrogen) atoms. The molecule has 2 aromatic rings. The average Bonchev–Trinajstić information content (AvgIpc) is 2.88. The molecular formula is C31H42ClNO4. The molecule has 0 atom stereocenters. The predicted octanol–water partition coefficient (Wildman–Crippen LogP) is 8.72. The van der Waals surface area contributed by atoms with Gasteiger partial charge in [-0.05, 0) is 37.1 Å². The summed E-state index contributed by atoms with van der Waals surface area (Å²) in [6.45, 7) is 4.44. The minimum absolute atomic E-state index is 0.273. The van der Waals surface area contributed by atoms with Crippen LogP contribution in [-0.4, -0.2) is 24.3 Å². The van der Waals surface area contributed by atoms with Crippen LogP contribution in [0.25, 0.3) is 0 Å². The summed E-state index contributed by atoms with van der Waals surface area (Å²) in [5.74, 6) is -1.21. The number of hydrogen-bond acceptors (Lipinski definition) is 4. The number of carbonyl (C=O) groups is 3. The van der Waals surface area contributed by atoms with Gasteiger partial charge >= 0.3 is 5.97 Å². The molecule has 2 aromatic carbocycles. The zero-order valence-electron chi connectivity index (χ0n) is 22.5. The van der Waals surface area contributed by atoms with Gasteiger partial charge in [-0.1, -0.05) is 113 Å². The SMILES string of the molecule is CCCCCCCCCCCCCCOC(=O)c1ccc(Cl)c(NC(=O)CC(=O)c2ccccc2C)c1. The maximum atomic E-state index is 12.5. The minimum atomic E-state index is -0.489. The van der Waals surface area contributed by atoms with E-state index >= 15 is 0 Å². The number of unbranched alkanes of at least 4 members (excludes halogenated alkanes) is 11. The number of carbonyl (C=O) groups excluding carboxylic acids is 3. The van der Waals surface area contributed by atoms with Crippen LogP contribution in [0.15, 0.2) is 42.5 Å². The summed E-state index contributed by atoms with van der Waals surface area (Å²) in [4.78, 5) is 37.4. The van der Waals surface area contributed by atoms with Gasteiger partial charge in [0, 0.05) is 5.56 Å². The van der Waals surface area contributed by atoms with Crippen molar-refractivity contribution in [3.8, 4) is 0 Å². The number of rotatable bonds is 18. The van der Waals surface area contributed by atoms with Crippen molar-refractivity contribution in [3.05, 3.63) is 64.2 Å². The molecule has 202 valence electrons. The van der Waals surface area contributed by atoms with E-state index in [0.717, 1.165) is 24.8 Å². The molecule has 5 nitrogen and oxygen atoms in total. The number of aryl methyl sites for hydroxylation is 1. The summed E-state index contributed by atoms with van der Waals surface area (Å²) < 4.78 is 5.41. The molecule has 0 aliphatic carbocycles. The Bertz CT molecular complexity index is 1000. The molecule has 1 N–H and O–H groups in total. The summed E-state index contributed by atoms with van der Waals surface area (Å²) in [5.41, 5.74) is 1.92. The monoisotopic (exact) mass is 527 g/mol. The maximum Gasteiger partial charge on any atom is 0.338 e. The van der Waals surface area contributed by atoms with E-state index in [-0.39, 0.29) is 22.9 Å². The molecule has 0 heterocycles. The lowest BCUT2D eigenvalue weighted by Gasteiger charge is -2.10. The van der Waals surface area contributed by atoms with Crippen LogP contribution >= 0.6 is 11.6 Å². The lowest BCUT2D eigenvalue weighted by atomic mass is 10.0. The van der Waals surface area contributed by atoms with Gasteiger partial charge in [-0.3, -0.25) is 9.59 Å². The topological polar surface area (TPSA) is 72.5 Å². The van der Waals surface area contributed by atoms with Gasteiger partial charge in [0.15, 0.2) is 5.78 Å². The van der Waals surface area contributed by atoms with Crippen molar-refractivity contribution < 1.29 is 19.1 Å². The van der Waals surface area contributed by atoms with Gasteiger partial charge in [0.2, 0.25) is 5.91 Å². The Morgan fingerprint density at radius 2 is 1.41 bits per heavy atom. The number of ketones is 1. The van der Waals surface area contributed by atoms with E-state index in [0.29, 0.717) is 17.7 Å². The van der Waals surface area contributed by atoms with Gasteiger partial charge in [-0.15, -0.1) is 0 Å². The molecule has 0 saturated carbocycles. The van der Waals surface area contributed by atoms with Crippen LogP contribution in [-0.2, 0) is 9.53 Å². The Labute approximate surface area is 227 Å². The molecular weight excluding hydrogens is 486 g/mol. The number of halogens is 1. The first-order chi connectivity index (χ1) is 17.9. The van der Waals surface area contributed by atoms with Crippen molar-refractivity contribution in [1.82, 2.24) is 0 Å². The minimum Gasteiger partial charge on any atom is -0.462 e. The number of hydrogen-bond donors (Lipinski definition) is 1. The van der Waals surface area contributed by atoms with Gasteiger partial charge in [0.1, 0.15) is 0 Å². The van der Waals surface area contributed by atoms with E-state index in [1.807, 2.05) is 19.1 Å². The third-order valence-electron chi connectivity index (χ3n) is 6.47. The van der Waals surface area contributed by atoms with Crippen LogP contribution in [0.3, 0.4) is 0 Å². The Morgan fingerprint density at radius 3 is 2.03 bits per heavy atom. The third kappa shape index (κ3) is 12.0. The van der Waals surface area contributed by atoms with Crippen molar-refractivity contribution in [1.29, 1.82) is 0 Å². The summed E-state index contributed by atoms with van der Waals surface area (Å²) in [5, 5.41) is 2.93. The number of nitrogens with one attached hydrogen (secondary N) is 1. The predicted molar refractivity (Wildman–Crippen MR) is 152 cm³/mol. The molecule has 0 aromatic heterocycles. The highest BCUT2D eigenvalue weighted by Crippen LogP contribution is 2.24. The summed E-state index contributed by atoms with van der Waals surface area (Å²) in [6.07, 6.45) is 14.7. The number of amides is 1. The molecule has 6 heteroatoms. The Hall–Kier alpha value is -2.66. The first kappa shape index (κ1) is 30.6. The van der Waals surface area contributed by atoms with Crippen LogP contribution in [0.2, 0.25) is 5.02 Å². The fraction of sp³-hybridized carbons (Fsp3) is 0.516. The number of Topliss-reactive ketones (excluding diaryl/α,β-unsaturated/α-hetero) is 1. The van der Waals surface area contributed by atoms with Crippen molar-refractivity contribution in [2.24, 2.45) is 0 Å². The molecule has 0 bridgehead atoms. The zero-order valence-corrected chi connectivity index (χ0v) is 23.2. The van der Waals surface area contributed by atoms with E-state index in [1.54, 1.807) is 24.3 Å². The maximum absolute atomic E-state index is 12.5. The molecule has 0 saturated heterocycles. The van der Waals surface area contributed by atoms with Crippen molar-refractivity contribution in [2.75, 3.05) is 11.9 Å². The smallest absolute Gasteiger partial charge is 0.338 e. The first-order valence-corrected chi connectivity index (χ1v) is 14.2. The molecule has 0 radical (unpaired) electrons. The van der Waals surface area contributed by atoms with E-state index in [1.165, 1.54) is 63.9 Å².